The number of hydrogen-bond acceptors (Lipinski definition) is 11. The Morgan fingerprint density at radius 1 is 0.579 bits per heavy atom. The predicted octanol–water partition coefficient (Wildman–Crippen LogP) is 5.89. The molecule has 0 aromatic rings. The fourth-order valence-electron chi connectivity index (χ4n) is 2.26. The molecule has 234 valence electrons. The van der Waals surface area contributed by atoms with Crippen molar-refractivity contribution in [1.82, 2.24) is 0 Å². The van der Waals surface area contributed by atoms with Gasteiger partial charge in [0.1, 0.15) is 0 Å². The Morgan fingerprint density at radius 3 is 1.03 bits per heavy atom. The molecule has 0 atom stereocenters. The third-order valence-electron chi connectivity index (χ3n) is 4.19. The number of thiol groups is 2. The molecular weight excluding hydrogens is 581 g/mol. The van der Waals surface area contributed by atoms with Crippen LogP contribution in [-0.4, -0.2) is 100 Å². The molecule has 0 aromatic carbocycles. The zero-order valence-electron chi connectivity index (χ0n) is 26.3. The molecule has 0 saturated carbocycles. The Kier molecular flexibility index (Phi) is 45.0. The van der Waals surface area contributed by atoms with E-state index < -0.39 is 26.4 Å². The van der Waals surface area contributed by atoms with Gasteiger partial charge in [-0.1, -0.05) is 33.9 Å². The second kappa shape index (κ2) is 35.5. The number of rotatable bonds is 18. The summed E-state index contributed by atoms with van der Waals surface area (Å²) < 4.78 is 46.8. The van der Waals surface area contributed by atoms with E-state index in [2.05, 4.69) is 45.3 Å². The van der Waals surface area contributed by atoms with Crippen LogP contribution in [0.1, 0.15) is 54.4 Å². The summed E-state index contributed by atoms with van der Waals surface area (Å²) in [7, 11) is 2.28. The first-order valence-corrected chi connectivity index (χ1v) is 19.7. The summed E-state index contributed by atoms with van der Waals surface area (Å²) in [4.78, 5) is 0. The van der Waals surface area contributed by atoms with Crippen molar-refractivity contribution in [3.8, 4) is 0 Å². The lowest BCUT2D eigenvalue weighted by molar-refractivity contribution is 0.0843. The molecule has 0 aliphatic carbocycles. The minimum atomic E-state index is -2.51. The van der Waals surface area contributed by atoms with Gasteiger partial charge >= 0.3 is 26.4 Å². The van der Waals surface area contributed by atoms with Gasteiger partial charge in [-0.2, -0.15) is 25.3 Å². The van der Waals surface area contributed by atoms with Crippen LogP contribution in [0.25, 0.3) is 0 Å². The van der Waals surface area contributed by atoms with E-state index in [9.17, 15) is 0 Å². The largest absolute Gasteiger partial charge is 0.528 e. The molecule has 0 rings (SSSR count). The van der Waals surface area contributed by atoms with E-state index >= 15 is 0 Å². The summed E-state index contributed by atoms with van der Waals surface area (Å²) in [6, 6.07) is 0.833. The molecule has 14 heteroatoms. The van der Waals surface area contributed by atoms with Crippen LogP contribution < -0.4 is 0 Å². The first kappa shape index (κ1) is 48.2. The topological polar surface area (TPSA) is 83.1 Å². The van der Waals surface area contributed by atoms with Crippen LogP contribution in [0.5, 0.6) is 0 Å². The molecule has 0 aliphatic heterocycles. The third kappa shape index (κ3) is 25.4. The highest BCUT2D eigenvalue weighted by molar-refractivity contribution is 7.80. The van der Waals surface area contributed by atoms with E-state index in [1.54, 1.807) is 54.1 Å². The monoisotopic (exact) mass is 640 g/mol. The lowest BCUT2D eigenvalue weighted by Gasteiger charge is -2.24. The molecule has 0 fully saturated rings. The van der Waals surface area contributed by atoms with E-state index in [1.807, 2.05) is 34.6 Å². The summed E-state index contributed by atoms with van der Waals surface area (Å²) >= 11 is 8.03. The van der Waals surface area contributed by atoms with Crippen LogP contribution in [-0.2, 0) is 39.8 Å². The fourth-order valence-corrected chi connectivity index (χ4v) is 7.25. The molecule has 0 aromatic heterocycles. The molecule has 0 amide bonds. The van der Waals surface area contributed by atoms with E-state index in [0.717, 1.165) is 24.0 Å². The molecule has 0 bridgehead atoms. The summed E-state index contributed by atoms with van der Waals surface area (Å²) in [5.41, 5.74) is 3.25. The summed E-state index contributed by atoms with van der Waals surface area (Å²) in [5, 5.41) is 0. The smallest absolute Gasteiger partial charge is 0.377 e. The van der Waals surface area contributed by atoms with Crippen molar-refractivity contribution < 1.29 is 39.8 Å². The molecule has 38 heavy (non-hydrogen) atoms. The van der Waals surface area contributed by atoms with Crippen molar-refractivity contribution in [3.05, 3.63) is 24.6 Å². The summed E-state index contributed by atoms with van der Waals surface area (Å²) in [6.45, 7) is 20.9. The van der Waals surface area contributed by atoms with E-state index in [0.29, 0.717) is 19.8 Å². The van der Waals surface area contributed by atoms with Gasteiger partial charge in [-0.25, -0.2) is 0 Å². The van der Waals surface area contributed by atoms with Crippen molar-refractivity contribution in [3.63, 3.8) is 0 Å². The molecule has 0 radical (unpaired) electrons. The summed E-state index contributed by atoms with van der Waals surface area (Å²) in [5.74, 6) is 1.85. The Labute approximate surface area is 249 Å². The van der Waals surface area contributed by atoms with Gasteiger partial charge in [-0.3, -0.25) is 0 Å². The van der Waals surface area contributed by atoms with Crippen molar-refractivity contribution in [1.29, 1.82) is 0 Å². The predicted molar refractivity (Wildman–Crippen MR) is 173 cm³/mol. The molecule has 0 heterocycles. The van der Waals surface area contributed by atoms with Crippen LogP contribution in [0.15, 0.2) is 24.6 Å². The zero-order valence-corrected chi connectivity index (χ0v) is 31.1. The Bertz CT molecular complexity index is 440. The molecule has 0 spiro atoms. The minimum Gasteiger partial charge on any atom is -0.377 e. The molecular formula is C24H60O9S2Si3. The summed E-state index contributed by atoms with van der Waals surface area (Å²) in [6.07, 6.45) is 2.15. The van der Waals surface area contributed by atoms with E-state index in [4.69, 9.17) is 39.8 Å². The second-order valence-corrected chi connectivity index (χ2v) is 15.7. The molecule has 9 nitrogen and oxygen atoms in total. The second-order valence-electron chi connectivity index (χ2n) is 6.37. The normalized spacial score (nSPS) is 10.8. The van der Waals surface area contributed by atoms with Gasteiger partial charge in [0.15, 0.2) is 0 Å². The maximum atomic E-state index is 5.44. The van der Waals surface area contributed by atoms with Crippen molar-refractivity contribution in [2.24, 2.45) is 0 Å². The van der Waals surface area contributed by atoms with Crippen molar-refractivity contribution >= 4 is 51.7 Å². The van der Waals surface area contributed by atoms with Gasteiger partial charge in [0.05, 0.1) is 0 Å². The first-order valence-electron chi connectivity index (χ1n) is 12.9. The standard InChI is InChI=1S/C8H18O3Si.C6H16O3SSi.C5H12O3Si.C3H8S.C2H6/c1-5-9-12(8-4,10-6-2)11-7-3;1-7-11(8-2,9-3)6-4-5-10;1-5-9(6-2,7-3)8-4;1-2-3-4;1-2/h8H,4-7H2,1-3H3;10H,4-6H2,1-3H3;5H,1H2,2-4H3;4H,2-3H2,1H3;1-2H3. The van der Waals surface area contributed by atoms with Crippen LogP contribution in [0.2, 0.25) is 6.04 Å². The molecule has 0 unspecified atom stereocenters. The average molecular weight is 641 g/mol. The number of hydrogen-bond donors (Lipinski definition) is 2. The quantitative estimate of drug-likeness (QED) is 0.141. The van der Waals surface area contributed by atoms with Crippen LogP contribution >= 0.6 is 25.3 Å². The van der Waals surface area contributed by atoms with Gasteiger partial charge in [-0.15, -0.1) is 0 Å². The Balaban J connectivity index is -0.000000130. The molecule has 0 aliphatic rings. The average Bonchev–Trinajstić information content (AvgIpc) is 2.98. The molecule has 0 N–H and O–H groups in total. The highest BCUT2D eigenvalue weighted by Gasteiger charge is 2.37. The maximum absolute atomic E-state index is 5.44. The van der Waals surface area contributed by atoms with Gasteiger partial charge in [0.25, 0.3) is 0 Å². The molecule has 0 saturated heterocycles. The van der Waals surface area contributed by atoms with Gasteiger partial charge < -0.3 is 39.8 Å². The Hall–Kier alpha value is 0.471. The highest BCUT2D eigenvalue weighted by Crippen LogP contribution is 2.15. The van der Waals surface area contributed by atoms with Crippen molar-refractivity contribution in [2.45, 2.75) is 60.4 Å². The zero-order chi connectivity index (χ0) is 30.9. The van der Waals surface area contributed by atoms with Crippen molar-refractivity contribution in [2.75, 3.05) is 74.0 Å². The van der Waals surface area contributed by atoms with Crippen LogP contribution in [0, 0.1) is 0 Å². The minimum absolute atomic E-state index is 0.595. The highest BCUT2D eigenvalue weighted by atomic mass is 32.1. The first-order chi connectivity index (χ1) is 18.1. The SMILES string of the molecule is C=C[Si](OC)(OC)OC.C=C[Si](OCC)(OCC)OCC.CC.CCCS.CO[Si](CCCS)(OC)OC. The van der Waals surface area contributed by atoms with Crippen LogP contribution in [0.3, 0.4) is 0 Å². The Morgan fingerprint density at radius 2 is 0.895 bits per heavy atom. The lowest BCUT2D eigenvalue weighted by Crippen LogP contribution is -2.44. The van der Waals surface area contributed by atoms with Gasteiger partial charge in [0.2, 0.25) is 0 Å². The fraction of sp³-hybridized carbons (Fsp3) is 0.833. The lowest BCUT2D eigenvalue weighted by atomic mass is 10.6. The maximum Gasteiger partial charge on any atom is 0.528 e. The van der Waals surface area contributed by atoms with Gasteiger partial charge in [-0.05, 0) is 56.5 Å². The third-order valence-corrected chi connectivity index (χ3v) is 12.6. The van der Waals surface area contributed by atoms with Gasteiger partial charge in [0, 0.05) is 68.5 Å². The van der Waals surface area contributed by atoms with E-state index in [1.165, 1.54) is 6.42 Å². The van der Waals surface area contributed by atoms with E-state index in [-0.39, 0.29) is 0 Å². The van der Waals surface area contributed by atoms with Crippen LogP contribution in [0.4, 0.5) is 0 Å².